The van der Waals surface area contributed by atoms with Gasteiger partial charge >= 0.3 is 0 Å². The molecule has 2 rings (SSSR count). The Hall–Kier alpha value is -2.11. The summed E-state index contributed by atoms with van der Waals surface area (Å²) in [7, 11) is 0. The van der Waals surface area contributed by atoms with E-state index < -0.39 is 0 Å². The molecule has 2 aromatic rings. The third kappa shape index (κ3) is 3.94. The normalized spacial score (nSPS) is 11.8. The number of hydrogen-bond acceptors (Lipinski definition) is 2. The topological polar surface area (TPSA) is 35.8 Å². The number of benzene rings is 2. The Morgan fingerprint density at radius 1 is 1.11 bits per heavy atom. The third-order valence-electron chi connectivity index (χ3n) is 3.11. The lowest BCUT2D eigenvalue weighted by atomic mass is 10.1. The molecule has 0 bridgehead atoms. The van der Waals surface area contributed by atoms with Crippen LogP contribution in [0.25, 0.3) is 0 Å². The zero-order valence-electron chi connectivity index (χ0n) is 11.1. The van der Waals surface area contributed by atoms with E-state index in [1.807, 2.05) is 43.3 Å². The Labute approximate surface area is 114 Å². The van der Waals surface area contributed by atoms with Crippen LogP contribution in [0.5, 0.6) is 0 Å². The maximum Gasteiger partial charge on any atom is 0.121 e. The van der Waals surface area contributed by atoms with E-state index in [9.17, 15) is 5.26 Å². The van der Waals surface area contributed by atoms with Crippen LogP contribution in [0.3, 0.4) is 0 Å². The van der Waals surface area contributed by atoms with Crippen LogP contribution in [0.4, 0.5) is 0 Å². The Morgan fingerprint density at radius 3 is 2.58 bits per heavy atom. The molecular formula is C17H18N2. The van der Waals surface area contributed by atoms with Gasteiger partial charge in [-0.1, -0.05) is 60.2 Å². The molecule has 0 fully saturated rings. The van der Waals surface area contributed by atoms with Gasteiger partial charge in [0.25, 0.3) is 0 Å². The van der Waals surface area contributed by atoms with Crippen LogP contribution in [0.2, 0.25) is 0 Å². The molecule has 0 amide bonds. The molecule has 0 radical (unpaired) electrons. The summed E-state index contributed by atoms with van der Waals surface area (Å²) in [5.41, 5.74) is 3.51. The Morgan fingerprint density at radius 2 is 1.89 bits per heavy atom. The molecule has 1 N–H and O–H groups in total. The lowest BCUT2D eigenvalue weighted by Gasteiger charge is -2.12. The van der Waals surface area contributed by atoms with Crippen molar-refractivity contribution in [3.05, 3.63) is 71.3 Å². The van der Waals surface area contributed by atoms with Crippen LogP contribution in [-0.2, 0) is 6.42 Å². The largest absolute Gasteiger partial charge is 0.298 e. The minimum atomic E-state index is -0.233. The van der Waals surface area contributed by atoms with E-state index in [0.29, 0.717) is 0 Å². The van der Waals surface area contributed by atoms with Crippen molar-refractivity contribution in [2.75, 3.05) is 6.54 Å². The first-order valence-electron chi connectivity index (χ1n) is 6.53. The monoisotopic (exact) mass is 250 g/mol. The minimum absolute atomic E-state index is 0.233. The summed E-state index contributed by atoms with van der Waals surface area (Å²) in [5, 5.41) is 12.6. The lowest BCUT2D eigenvalue weighted by Crippen LogP contribution is -2.22. The van der Waals surface area contributed by atoms with Gasteiger partial charge in [0.2, 0.25) is 0 Å². The molecule has 0 aliphatic carbocycles. The van der Waals surface area contributed by atoms with Crippen LogP contribution in [-0.4, -0.2) is 6.54 Å². The SMILES string of the molecule is Cc1cccc(C(C#N)NCCc2ccccc2)c1. The van der Waals surface area contributed by atoms with Crippen molar-refractivity contribution in [2.24, 2.45) is 0 Å². The summed E-state index contributed by atoms with van der Waals surface area (Å²) < 4.78 is 0. The maximum atomic E-state index is 9.26. The van der Waals surface area contributed by atoms with E-state index in [-0.39, 0.29) is 6.04 Å². The Balaban J connectivity index is 1.92. The number of aryl methyl sites for hydroxylation is 1. The molecule has 0 saturated heterocycles. The van der Waals surface area contributed by atoms with Crippen LogP contribution < -0.4 is 5.32 Å². The second-order valence-electron chi connectivity index (χ2n) is 4.67. The molecular weight excluding hydrogens is 232 g/mol. The van der Waals surface area contributed by atoms with Crippen LogP contribution in [0, 0.1) is 18.3 Å². The van der Waals surface area contributed by atoms with Gasteiger partial charge < -0.3 is 0 Å². The molecule has 0 saturated carbocycles. The molecule has 2 heteroatoms. The predicted molar refractivity (Wildman–Crippen MR) is 77.7 cm³/mol. The fraction of sp³-hybridized carbons (Fsp3) is 0.235. The van der Waals surface area contributed by atoms with Gasteiger partial charge in [0.1, 0.15) is 6.04 Å². The van der Waals surface area contributed by atoms with Gasteiger partial charge in [0.05, 0.1) is 6.07 Å². The second kappa shape index (κ2) is 6.72. The first-order valence-corrected chi connectivity index (χ1v) is 6.53. The lowest BCUT2D eigenvalue weighted by molar-refractivity contribution is 0.629. The smallest absolute Gasteiger partial charge is 0.121 e. The second-order valence-corrected chi connectivity index (χ2v) is 4.67. The van der Waals surface area contributed by atoms with E-state index in [1.54, 1.807) is 0 Å². The summed E-state index contributed by atoms with van der Waals surface area (Å²) in [6.07, 6.45) is 0.935. The number of nitriles is 1. The maximum absolute atomic E-state index is 9.26. The average molecular weight is 250 g/mol. The summed E-state index contributed by atoms with van der Waals surface area (Å²) >= 11 is 0. The fourth-order valence-corrected chi connectivity index (χ4v) is 2.09. The summed E-state index contributed by atoms with van der Waals surface area (Å²) in [6, 6.07) is 20.5. The molecule has 19 heavy (non-hydrogen) atoms. The average Bonchev–Trinajstić information content (AvgIpc) is 2.45. The first kappa shape index (κ1) is 13.3. The molecule has 2 aromatic carbocycles. The summed E-state index contributed by atoms with van der Waals surface area (Å²) in [5.74, 6) is 0. The first-order chi connectivity index (χ1) is 9.29. The van der Waals surface area contributed by atoms with Crippen molar-refractivity contribution >= 4 is 0 Å². The molecule has 0 aliphatic rings. The number of rotatable bonds is 5. The molecule has 2 nitrogen and oxygen atoms in total. The number of nitrogens with zero attached hydrogens (tertiary/aromatic N) is 1. The van der Waals surface area contributed by atoms with Gasteiger partial charge in [0.15, 0.2) is 0 Å². The van der Waals surface area contributed by atoms with Crippen molar-refractivity contribution in [3.8, 4) is 6.07 Å². The Kier molecular flexibility index (Phi) is 4.72. The number of hydrogen-bond donors (Lipinski definition) is 1. The highest BCUT2D eigenvalue weighted by atomic mass is 14.9. The van der Waals surface area contributed by atoms with Crippen molar-refractivity contribution in [1.82, 2.24) is 5.32 Å². The van der Waals surface area contributed by atoms with Gasteiger partial charge in [-0.05, 0) is 24.5 Å². The standard InChI is InChI=1S/C17H18N2/c1-14-6-5-9-16(12-14)17(13-18)19-11-10-15-7-3-2-4-8-15/h2-9,12,17,19H,10-11H2,1H3. The van der Waals surface area contributed by atoms with Gasteiger partial charge in [-0.3, -0.25) is 5.32 Å². The zero-order chi connectivity index (χ0) is 13.5. The Bertz CT molecular complexity index is 555. The summed E-state index contributed by atoms with van der Waals surface area (Å²) in [4.78, 5) is 0. The predicted octanol–water partition coefficient (Wildman–Crippen LogP) is 3.39. The van der Waals surface area contributed by atoms with E-state index >= 15 is 0 Å². The molecule has 96 valence electrons. The molecule has 1 atom stereocenters. The van der Waals surface area contributed by atoms with Gasteiger partial charge in [-0.15, -0.1) is 0 Å². The highest BCUT2D eigenvalue weighted by Gasteiger charge is 2.09. The molecule has 0 aromatic heterocycles. The van der Waals surface area contributed by atoms with Crippen molar-refractivity contribution < 1.29 is 0 Å². The third-order valence-corrected chi connectivity index (χ3v) is 3.11. The van der Waals surface area contributed by atoms with Crippen molar-refractivity contribution in [1.29, 1.82) is 5.26 Å². The summed E-state index contributed by atoms with van der Waals surface area (Å²) in [6.45, 7) is 2.85. The van der Waals surface area contributed by atoms with Gasteiger partial charge in [0, 0.05) is 6.54 Å². The highest BCUT2D eigenvalue weighted by molar-refractivity contribution is 5.28. The molecule has 0 aliphatic heterocycles. The van der Waals surface area contributed by atoms with E-state index in [2.05, 4.69) is 29.6 Å². The minimum Gasteiger partial charge on any atom is -0.298 e. The van der Waals surface area contributed by atoms with E-state index in [1.165, 1.54) is 11.1 Å². The van der Waals surface area contributed by atoms with Crippen molar-refractivity contribution in [2.45, 2.75) is 19.4 Å². The van der Waals surface area contributed by atoms with Gasteiger partial charge in [-0.25, -0.2) is 0 Å². The molecule has 0 heterocycles. The fourth-order valence-electron chi connectivity index (χ4n) is 2.09. The van der Waals surface area contributed by atoms with Crippen LogP contribution >= 0.6 is 0 Å². The van der Waals surface area contributed by atoms with Gasteiger partial charge in [-0.2, -0.15) is 5.26 Å². The molecule has 1 unspecified atom stereocenters. The zero-order valence-corrected chi connectivity index (χ0v) is 11.1. The quantitative estimate of drug-likeness (QED) is 0.883. The molecule has 0 spiro atoms. The van der Waals surface area contributed by atoms with E-state index in [4.69, 9.17) is 0 Å². The van der Waals surface area contributed by atoms with E-state index in [0.717, 1.165) is 18.5 Å². The number of nitrogens with one attached hydrogen (secondary N) is 1. The highest BCUT2D eigenvalue weighted by Crippen LogP contribution is 2.13. The van der Waals surface area contributed by atoms with Crippen LogP contribution in [0.1, 0.15) is 22.7 Å². The van der Waals surface area contributed by atoms with Crippen LogP contribution in [0.15, 0.2) is 54.6 Å². The van der Waals surface area contributed by atoms with Crippen molar-refractivity contribution in [3.63, 3.8) is 0 Å².